The third kappa shape index (κ3) is 3.62. The Morgan fingerprint density at radius 1 is 1.17 bits per heavy atom. The van der Waals surface area contributed by atoms with Crippen LogP contribution in [0, 0.1) is 40.4 Å². The molecule has 3 saturated carbocycles. The minimum Gasteiger partial charge on any atom is -0.481 e. The van der Waals surface area contributed by atoms with E-state index in [-0.39, 0.29) is 17.5 Å². The van der Waals surface area contributed by atoms with Crippen LogP contribution in [-0.2, 0) is 14.3 Å². The number of fused-ring (bicyclic) bond motifs is 5. The third-order valence-electron chi connectivity index (χ3n) is 9.97. The molecule has 1 N–H and O–H groups in total. The van der Waals surface area contributed by atoms with E-state index in [9.17, 15) is 9.59 Å². The number of carboxylic acids is 1. The van der Waals surface area contributed by atoms with Gasteiger partial charge >= 0.3 is 11.9 Å². The van der Waals surface area contributed by atoms with Crippen molar-refractivity contribution in [2.75, 3.05) is 0 Å². The Labute approximate surface area is 181 Å². The van der Waals surface area contributed by atoms with Crippen LogP contribution in [0.3, 0.4) is 0 Å². The molecule has 0 bridgehead atoms. The first-order chi connectivity index (χ1) is 14.1. The first kappa shape index (κ1) is 21.9. The Balaban J connectivity index is 1.51. The summed E-state index contributed by atoms with van der Waals surface area (Å²) in [5.74, 6) is 2.64. The second-order valence-electron chi connectivity index (χ2n) is 11.4. The predicted octanol–water partition coefficient (Wildman–Crippen LogP) is 6.00. The molecular weight excluding hydrogens is 376 g/mol. The lowest BCUT2D eigenvalue weighted by Gasteiger charge is -2.58. The summed E-state index contributed by atoms with van der Waals surface area (Å²) >= 11 is 0. The molecule has 4 aliphatic carbocycles. The zero-order valence-corrected chi connectivity index (χ0v) is 19.3. The second-order valence-corrected chi connectivity index (χ2v) is 11.4. The molecule has 0 heterocycles. The number of hydrogen-bond acceptors (Lipinski definition) is 3. The predicted molar refractivity (Wildman–Crippen MR) is 117 cm³/mol. The van der Waals surface area contributed by atoms with Crippen molar-refractivity contribution in [2.24, 2.45) is 40.4 Å². The molecule has 0 aromatic rings. The van der Waals surface area contributed by atoms with Gasteiger partial charge in [-0.1, -0.05) is 32.4 Å². The molecule has 4 rings (SSSR count). The summed E-state index contributed by atoms with van der Waals surface area (Å²) in [5, 5.41) is 9.13. The van der Waals surface area contributed by atoms with Gasteiger partial charge in [0.05, 0.1) is 0 Å². The Morgan fingerprint density at radius 2 is 1.93 bits per heavy atom. The number of carboxylic acid groups (broad SMARTS) is 1. The maximum absolute atomic E-state index is 11.4. The Bertz CT molecular complexity index is 727. The highest BCUT2D eigenvalue weighted by atomic mass is 16.5. The summed E-state index contributed by atoms with van der Waals surface area (Å²) in [6.07, 6.45) is 13.1. The molecule has 30 heavy (non-hydrogen) atoms. The number of carbonyl (C=O) groups excluding carboxylic acids is 1. The first-order valence-electron chi connectivity index (χ1n) is 12.2. The number of hydrogen-bond donors (Lipinski definition) is 1. The van der Waals surface area contributed by atoms with Gasteiger partial charge in [-0.2, -0.15) is 0 Å². The summed E-state index contributed by atoms with van der Waals surface area (Å²) in [7, 11) is 0. The van der Waals surface area contributed by atoms with Gasteiger partial charge < -0.3 is 9.84 Å². The molecule has 0 aliphatic heterocycles. The molecule has 0 unspecified atom stereocenters. The van der Waals surface area contributed by atoms with E-state index in [1.54, 1.807) is 5.57 Å². The molecule has 0 spiro atoms. The van der Waals surface area contributed by atoms with Gasteiger partial charge in [-0.25, -0.2) is 0 Å². The molecule has 0 radical (unpaired) electrons. The van der Waals surface area contributed by atoms with Gasteiger partial charge in [0, 0.05) is 19.8 Å². The van der Waals surface area contributed by atoms with E-state index in [2.05, 4.69) is 26.8 Å². The maximum Gasteiger partial charge on any atom is 0.303 e. The van der Waals surface area contributed by atoms with Crippen molar-refractivity contribution < 1.29 is 19.4 Å². The minimum atomic E-state index is -0.660. The number of rotatable bonds is 5. The molecule has 4 nitrogen and oxygen atoms in total. The Morgan fingerprint density at radius 3 is 2.63 bits per heavy atom. The van der Waals surface area contributed by atoms with Crippen molar-refractivity contribution in [3.63, 3.8) is 0 Å². The molecule has 8 atom stereocenters. The molecular formula is C26H40O4. The number of aliphatic carboxylic acids is 1. The molecule has 0 aromatic carbocycles. The summed E-state index contributed by atoms with van der Waals surface area (Å²) in [4.78, 5) is 22.5. The highest BCUT2D eigenvalue weighted by molar-refractivity contribution is 5.66. The van der Waals surface area contributed by atoms with Crippen molar-refractivity contribution in [1.29, 1.82) is 0 Å². The minimum absolute atomic E-state index is 0.0678. The fraction of sp³-hybridized carbons (Fsp3) is 0.846. The smallest absolute Gasteiger partial charge is 0.303 e. The van der Waals surface area contributed by atoms with E-state index >= 15 is 0 Å². The lowest BCUT2D eigenvalue weighted by Crippen LogP contribution is -2.51. The maximum atomic E-state index is 11.4. The molecule has 0 amide bonds. The molecule has 3 fully saturated rings. The van der Waals surface area contributed by atoms with Crippen molar-refractivity contribution >= 4 is 11.9 Å². The second kappa shape index (κ2) is 7.98. The number of esters is 1. The van der Waals surface area contributed by atoms with Crippen LogP contribution in [0.2, 0.25) is 0 Å². The highest BCUT2D eigenvalue weighted by Gasteiger charge is 2.59. The SMILES string of the molecule is CC(=O)O[C@H]1CC[C@@]2(C)C(=CC[C@@H]3[C@H]4CC[C@@H]([C@@H](C)CCC(=O)O)[C@]4(C)CC[C@H]32)C1. The monoisotopic (exact) mass is 416 g/mol. The van der Waals surface area contributed by atoms with E-state index in [1.165, 1.54) is 39.0 Å². The summed E-state index contributed by atoms with van der Waals surface area (Å²) < 4.78 is 5.57. The van der Waals surface area contributed by atoms with Gasteiger partial charge in [-0.3, -0.25) is 9.59 Å². The topological polar surface area (TPSA) is 63.6 Å². The number of allylic oxidation sites excluding steroid dienone is 1. The van der Waals surface area contributed by atoms with Crippen LogP contribution >= 0.6 is 0 Å². The van der Waals surface area contributed by atoms with Crippen molar-refractivity contribution in [2.45, 2.75) is 98.0 Å². The van der Waals surface area contributed by atoms with Gasteiger partial charge in [0.25, 0.3) is 0 Å². The van der Waals surface area contributed by atoms with E-state index in [0.29, 0.717) is 23.7 Å². The quantitative estimate of drug-likeness (QED) is 0.441. The van der Waals surface area contributed by atoms with Crippen LogP contribution in [0.25, 0.3) is 0 Å². The van der Waals surface area contributed by atoms with Crippen LogP contribution in [-0.4, -0.2) is 23.1 Å². The zero-order valence-electron chi connectivity index (χ0n) is 19.3. The number of carbonyl (C=O) groups is 2. The average Bonchev–Trinajstić information content (AvgIpc) is 3.03. The fourth-order valence-corrected chi connectivity index (χ4v) is 8.49. The van der Waals surface area contributed by atoms with Crippen LogP contribution < -0.4 is 0 Å². The van der Waals surface area contributed by atoms with Gasteiger partial charge in [-0.05, 0) is 91.8 Å². The molecule has 4 heteroatoms. The van der Waals surface area contributed by atoms with Crippen molar-refractivity contribution in [3.8, 4) is 0 Å². The normalized spacial score (nSPS) is 43.6. The van der Waals surface area contributed by atoms with Crippen LogP contribution in [0.15, 0.2) is 11.6 Å². The number of ether oxygens (including phenoxy) is 1. The standard InChI is InChI=1S/C26H40O4/c1-16(5-10-24(28)29)21-8-9-22-20-7-6-18-15-19(30-17(2)27)11-13-25(18,3)23(20)12-14-26(21,22)4/h6,16,19-23H,5,7-15H2,1-4H3,(H,28,29)/t16-,19-,20+,21-,22+,23+,25-,26-/m0/s1. The molecule has 168 valence electrons. The summed E-state index contributed by atoms with van der Waals surface area (Å²) in [6.45, 7) is 8.84. The highest BCUT2D eigenvalue weighted by Crippen LogP contribution is 2.67. The summed E-state index contributed by atoms with van der Waals surface area (Å²) in [6, 6.07) is 0. The van der Waals surface area contributed by atoms with E-state index in [0.717, 1.165) is 43.4 Å². The molecule has 0 aromatic heterocycles. The average molecular weight is 417 g/mol. The van der Waals surface area contributed by atoms with E-state index in [1.807, 2.05) is 0 Å². The van der Waals surface area contributed by atoms with E-state index < -0.39 is 5.97 Å². The third-order valence-corrected chi connectivity index (χ3v) is 9.97. The van der Waals surface area contributed by atoms with Gasteiger partial charge in [0.15, 0.2) is 0 Å². The van der Waals surface area contributed by atoms with Gasteiger partial charge in [0.2, 0.25) is 0 Å². The van der Waals surface area contributed by atoms with E-state index in [4.69, 9.17) is 9.84 Å². The lowest BCUT2D eigenvalue weighted by molar-refractivity contribution is -0.148. The fourth-order valence-electron chi connectivity index (χ4n) is 8.49. The van der Waals surface area contributed by atoms with Crippen molar-refractivity contribution in [1.82, 2.24) is 0 Å². The largest absolute Gasteiger partial charge is 0.481 e. The molecule has 4 aliphatic rings. The zero-order chi connectivity index (χ0) is 21.7. The Kier molecular flexibility index (Phi) is 5.83. The van der Waals surface area contributed by atoms with Crippen LogP contribution in [0.1, 0.15) is 91.9 Å². The first-order valence-corrected chi connectivity index (χ1v) is 12.2. The van der Waals surface area contributed by atoms with Crippen LogP contribution in [0.5, 0.6) is 0 Å². The lowest BCUT2D eigenvalue weighted by atomic mass is 9.47. The van der Waals surface area contributed by atoms with Crippen molar-refractivity contribution in [3.05, 3.63) is 11.6 Å². The molecule has 0 saturated heterocycles. The summed E-state index contributed by atoms with van der Waals surface area (Å²) in [5.41, 5.74) is 2.19. The van der Waals surface area contributed by atoms with Crippen LogP contribution in [0.4, 0.5) is 0 Å². The van der Waals surface area contributed by atoms with Gasteiger partial charge in [-0.15, -0.1) is 0 Å². The Hall–Kier alpha value is -1.32. The van der Waals surface area contributed by atoms with Gasteiger partial charge in [0.1, 0.15) is 6.10 Å².